The van der Waals surface area contributed by atoms with Gasteiger partial charge >= 0.3 is 11.9 Å². The van der Waals surface area contributed by atoms with Gasteiger partial charge in [-0.05, 0) is 18.8 Å². The van der Waals surface area contributed by atoms with Crippen LogP contribution in [0.1, 0.15) is 19.3 Å². The summed E-state index contributed by atoms with van der Waals surface area (Å²) in [6.45, 7) is 0.199. The molecule has 2 atom stereocenters. The highest BCUT2D eigenvalue weighted by molar-refractivity contribution is 6.57. The van der Waals surface area contributed by atoms with E-state index in [2.05, 4.69) is 0 Å². The predicted molar refractivity (Wildman–Crippen MR) is 54.3 cm³/mol. The Morgan fingerprint density at radius 2 is 1.94 bits per heavy atom. The van der Waals surface area contributed by atoms with Gasteiger partial charge in [-0.3, -0.25) is 9.59 Å². The lowest BCUT2D eigenvalue weighted by Gasteiger charge is -2.36. The summed E-state index contributed by atoms with van der Waals surface area (Å²) in [6.07, 6.45) is 0.542. The Bertz CT molecular complexity index is 319. The van der Waals surface area contributed by atoms with E-state index in [4.69, 9.17) is 18.1 Å². The van der Waals surface area contributed by atoms with E-state index in [-0.39, 0.29) is 25.3 Å². The monoisotopic (exact) mass is 225 g/mol. The summed E-state index contributed by atoms with van der Waals surface area (Å²) in [5.74, 6) is -3.09. The minimum absolute atomic E-state index is 0.0730. The van der Waals surface area contributed by atoms with Gasteiger partial charge in [0.25, 0.3) is 0 Å². The second-order valence-corrected chi connectivity index (χ2v) is 3.87. The second-order valence-electron chi connectivity index (χ2n) is 3.87. The number of amides is 1. The molecule has 0 bridgehead atoms. The molecule has 0 aromatic rings. The van der Waals surface area contributed by atoms with Gasteiger partial charge in [0, 0.05) is 13.0 Å². The van der Waals surface area contributed by atoms with Gasteiger partial charge in [-0.15, -0.1) is 0 Å². The van der Waals surface area contributed by atoms with Crippen LogP contribution in [0.4, 0.5) is 4.79 Å². The average Bonchev–Trinajstić information content (AvgIpc) is 2.16. The molecule has 0 spiro atoms. The number of carbonyl (C=O) groups is 3. The average molecular weight is 225 g/mol. The molecule has 1 fully saturated rings. The Hall–Kier alpha value is -1.53. The molecule has 1 aliphatic rings. The van der Waals surface area contributed by atoms with E-state index in [0.29, 0.717) is 6.42 Å². The first kappa shape index (κ1) is 12.5. The number of piperidine rings is 1. The van der Waals surface area contributed by atoms with Crippen molar-refractivity contribution in [1.29, 1.82) is 0 Å². The summed E-state index contributed by atoms with van der Waals surface area (Å²) >= 11 is 0. The van der Waals surface area contributed by atoms with E-state index in [1.54, 1.807) is 0 Å². The summed E-state index contributed by atoms with van der Waals surface area (Å²) in [4.78, 5) is 33.4. The highest BCUT2D eigenvalue weighted by Crippen LogP contribution is 2.25. The zero-order valence-electron chi connectivity index (χ0n) is 8.63. The van der Waals surface area contributed by atoms with Crippen molar-refractivity contribution >= 4 is 25.6 Å². The molecule has 0 aliphatic carbocycles. The molecule has 0 aromatic carbocycles. The minimum atomic E-state index is -1.14. The van der Waals surface area contributed by atoms with Gasteiger partial charge in [-0.1, -0.05) is 0 Å². The Balaban J connectivity index is 2.68. The number of nitrogens with zero attached hydrogens (tertiary/aromatic N) is 1. The zero-order valence-corrected chi connectivity index (χ0v) is 8.63. The summed E-state index contributed by atoms with van der Waals surface area (Å²) in [7, 11) is 5.05. The molecular formula is C9H12BNO5. The Labute approximate surface area is 93.6 Å². The third-order valence-electron chi connectivity index (χ3n) is 2.74. The molecule has 2 N–H and O–H groups in total. The van der Waals surface area contributed by atoms with E-state index in [1.165, 1.54) is 0 Å². The van der Waals surface area contributed by atoms with Crippen molar-refractivity contribution in [2.75, 3.05) is 6.54 Å². The van der Waals surface area contributed by atoms with Gasteiger partial charge in [0.15, 0.2) is 5.81 Å². The van der Waals surface area contributed by atoms with Crippen LogP contribution in [-0.2, 0) is 9.59 Å². The maximum atomic E-state index is 11.0. The Morgan fingerprint density at radius 3 is 2.38 bits per heavy atom. The summed E-state index contributed by atoms with van der Waals surface area (Å²) in [6, 6.07) is -1.00. The molecule has 86 valence electrons. The molecule has 2 unspecified atom stereocenters. The molecule has 6 nitrogen and oxygen atoms in total. The van der Waals surface area contributed by atoms with Crippen LogP contribution in [0.15, 0.2) is 0 Å². The van der Waals surface area contributed by atoms with Crippen molar-refractivity contribution in [3.8, 4) is 0 Å². The zero-order chi connectivity index (χ0) is 12.3. The van der Waals surface area contributed by atoms with Crippen LogP contribution in [0.5, 0.6) is 0 Å². The van der Waals surface area contributed by atoms with Crippen LogP contribution < -0.4 is 0 Å². The molecule has 1 amide bonds. The van der Waals surface area contributed by atoms with Crippen molar-refractivity contribution in [3.05, 3.63) is 0 Å². The number of carboxylic acid groups (broad SMARTS) is 2. The van der Waals surface area contributed by atoms with Crippen molar-refractivity contribution in [2.45, 2.75) is 25.3 Å². The van der Waals surface area contributed by atoms with Gasteiger partial charge in [0.2, 0.25) is 7.85 Å². The summed E-state index contributed by atoms with van der Waals surface area (Å²) in [5.41, 5.74) is 0. The van der Waals surface area contributed by atoms with Crippen LogP contribution in [0, 0.1) is 5.92 Å². The van der Waals surface area contributed by atoms with E-state index < -0.39 is 23.8 Å². The van der Waals surface area contributed by atoms with Crippen LogP contribution in [0.25, 0.3) is 0 Å². The largest absolute Gasteiger partial charge is 0.481 e. The normalized spacial score (nSPS) is 25.1. The molecule has 0 aromatic heterocycles. The lowest BCUT2D eigenvalue weighted by atomic mass is 9.87. The third kappa shape index (κ3) is 2.98. The number of aliphatic carboxylic acids is 2. The first-order valence-corrected chi connectivity index (χ1v) is 4.92. The lowest BCUT2D eigenvalue weighted by molar-refractivity contribution is -0.145. The van der Waals surface area contributed by atoms with Crippen LogP contribution in [0.3, 0.4) is 0 Å². The molecule has 1 rings (SSSR count). The molecule has 1 saturated heterocycles. The van der Waals surface area contributed by atoms with Gasteiger partial charge < -0.3 is 15.1 Å². The second kappa shape index (κ2) is 5.00. The van der Waals surface area contributed by atoms with Crippen molar-refractivity contribution in [3.63, 3.8) is 0 Å². The quantitative estimate of drug-likeness (QED) is 0.654. The topological polar surface area (TPSA) is 94.9 Å². The summed E-state index contributed by atoms with van der Waals surface area (Å²) < 4.78 is 0. The molecule has 16 heavy (non-hydrogen) atoms. The number of likely N-dealkylation sites (tertiary alicyclic amines) is 1. The predicted octanol–water partition coefficient (Wildman–Crippen LogP) is -0.0852. The SMILES string of the molecule is [B]C(=O)N1CCC(CC(=O)O)CC1C(=O)O. The number of carboxylic acids is 2. The fourth-order valence-corrected chi connectivity index (χ4v) is 1.97. The molecule has 0 saturated carbocycles. The standard InChI is InChI=1S/C9H12BNO5/c10-9(16)11-2-1-5(4-7(12)13)3-6(11)8(14)15/h5-6H,1-4H2,(H,12,13)(H,14,15). The van der Waals surface area contributed by atoms with Gasteiger partial charge in [-0.2, -0.15) is 0 Å². The first-order valence-electron chi connectivity index (χ1n) is 4.92. The Kier molecular flexibility index (Phi) is 3.92. The molecule has 1 heterocycles. The van der Waals surface area contributed by atoms with E-state index in [9.17, 15) is 14.4 Å². The van der Waals surface area contributed by atoms with E-state index in [0.717, 1.165) is 4.90 Å². The smallest absolute Gasteiger partial charge is 0.326 e. The summed E-state index contributed by atoms with van der Waals surface area (Å²) in [5, 5.41) is 17.5. The number of rotatable bonds is 3. The van der Waals surface area contributed by atoms with Gasteiger partial charge in [0.05, 0.1) is 0 Å². The molecule has 2 radical (unpaired) electrons. The fourth-order valence-electron chi connectivity index (χ4n) is 1.97. The molecule has 1 aliphatic heterocycles. The van der Waals surface area contributed by atoms with Crippen molar-refractivity contribution in [1.82, 2.24) is 4.90 Å². The lowest BCUT2D eigenvalue weighted by Crippen LogP contribution is -2.50. The van der Waals surface area contributed by atoms with E-state index in [1.807, 2.05) is 0 Å². The van der Waals surface area contributed by atoms with Crippen molar-refractivity contribution < 1.29 is 24.6 Å². The van der Waals surface area contributed by atoms with Gasteiger partial charge in [0.1, 0.15) is 6.04 Å². The highest BCUT2D eigenvalue weighted by Gasteiger charge is 2.35. The maximum absolute atomic E-state index is 11.0. The third-order valence-corrected chi connectivity index (χ3v) is 2.74. The fraction of sp³-hybridized carbons (Fsp3) is 0.667. The van der Waals surface area contributed by atoms with Crippen LogP contribution in [-0.4, -0.2) is 53.3 Å². The Morgan fingerprint density at radius 1 is 1.31 bits per heavy atom. The number of hydrogen-bond acceptors (Lipinski definition) is 3. The molecule has 7 heteroatoms. The van der Waals surface area contributed by atoms with Crippen LogP contribution in [0.2, 0.25) is 0 Å². The first-order chi connectivity index (χ1) is 7.41. The molecular weight excluding hydrogens is 213 g/mol. The highest BCUT2D eigenvalue weighted by atomic mass is 16.4. The number of carbonyl (C=O) groups excluding carboxylic acids is 1. The van der Waals surface area contributed by atoms with Crippen LogP contribution >= 0.6 is 0 Å². The minimum Gasteiger partial charge on any atom is -0.481 e. The van der Waals surface area contributed by atoms with Gasteiger partial charge in [-0.25, -0.2) is 4.79 Å². The number of hydrogen-bond donors (Lipinski definition) is 2. The van der Waals surface area contributed by atoms with E-state index >= 15 is 0 Å². The maximum Gasteiger partial charge on any atom is 0.326 e. The van der Waals surface area contributed by atoms with Crippen molar-refractivity contribution in [2.24, 2.45) is 5.92 Å².